The third-order valence-electron chi connectivity index (χ3n) is 1.69. The van der Waals surface area contributed by atoms with Gasteiger partial charge in [-0.05, 0) is 32.3 Å². The van der Waals surface area contributed by atoms with E-state index in [4.69, 9.17) is 0 Å². The first kappa shape index (κ1) is 9.66. The van der Waals surface area contributed by atoms with Crippen LogP contribution in [0.5, 0.6) is 0 Å². The number of hydrogen-bond acceptors (Lipinski definition) is 1. The van der Waals surface area contributed by atoms with Crippen molar-refractivity contribution in [3.05, 3.63) is 53.5 Å². The second-order valence-corrected chi connectivity index (χ2v) is 3.54. The van der Waals surface area contributed by atoms with Crippen molar-refractivity contribution in [3.63, 3.8) is 0 Å². The van der Waals surface area contributed by atoms with E-state index in [1.54, 1.807) is 0 Å². The summed E-state index contributed by atoms with van der Waals surface area (Å²) in [5.41, 5.74) is 2.55. The minimum Gasteiger partial charge on any atom is -0.171 e. The van der Waals surface area contributed by atoms with E-state index in [1.165, 1.54) is 11.1 Å². The fourth-order valence-corrected chi connectivity index (χ4v) is 1.05. The lowest BCUT2D eigenvalue weighted by Gasteiger charge is -2.04. The van der Waals surface area contributed by atoms with E-state index in [-0.39, 0.29) is 0 Å². The zero-order valence-corrected chi connectivity index (χ0v) is 8.31. The summed E-state index contributed by atoms with van der Waals surface area (Å²) in [7, 11) is 0. The first-order valence-corrected chi connectivity index (χ1v) is 4.41. The standard InChI is InChI=1S/C11H13S/c1-9(7-8-10(2)12)11-5-3-4-6-11/h3-8,12H,1-2H3. The van der Waals surface area contributed by atoms with Crippen molar-refractivity contribution in [2.24, 2.45) is 0 Å². The molecule has 0 aromatic heterocycles. The molecule has 63 valence electrons. The predicted octanol–water partition coefficient (Wildman–Crippen LogP) is 3.32. The van der Waals surface area contributed by atoms with Gasteiger partial charge in [0.1, 0.15) is 0 Å². The highest BCUT2D eigenvalue weighted by Gasteiger charge is 2.01. The van der Waals surface area contributed by atoms with Gasteiger partial charge in [-0.3, -0.25) is 0 Å². The molecule has 0 N–H and O–H groups in total. The fourth-order valence-electron chi connectivity index (χ4n) is 0.979. The number of thiol groups is 1. The highest BCUT2D eigenvalue weighted by molar-refractivity contribution is 7.83. The highest BCUT2D eigenvalue weighted by Crippen LogP contribution is 2.19. The summed E-state index contributed by atoms with van der Waals surface area (Å²) >= 11 is 4.19. The Morgan fingerprint density at radius 2 is 1.75 bits per heavy atom. The number of allylic oxidation sites excluding steroid dienone is 6. The number of rotatable bonds is 3. The molecule has 0 aromatic rings. The molecule has 0 aliphatic heterocycles. The molecule has 0 saturated carbocycles. The van der Waals surface area contributed by atoms with E-state index in [1.807, 2.05) is 25.5 Å². The summed E-state index contributed by atoms with van der Waals surface area (Å²) < 4.78 is 0. The van der Waals surface area contributed by atoms with Gasteiger partial charge in [0.25, 0.3) is 0 Å². The lowest BCUT2D eigenvalue weighted by Crippen LogP contribution is -1.88. The van der Waals surface area contributed by atoms with Crippen LogP contribution in [0.3, 0.4) is 0 Å². The second-order valence-electron chi connectivity index (χ2n) is 2.83. The first-order chi connectivity index (χ1) is 5.70. The van der Waals surface area contributed by atoms with Gasteiger partial charge in [-0.15, -0.1) is 0 Å². The third-order valence-corrected chi connectivity index (χ3v) is 1.84. The van der Waals surface area contributed by atoms with Crippen molar-refractivity contribution in [2.75, 3.05) is 0 Å². The molecule has 0 nitrogen and oxygen atoms in total. The maximum absolute atomic E-state index is 4.19. The maximum Gasteiger partial charge on any atom is 0.0283 e. The Morgan fingerprint density at radius 1 is 1.17 bits per heavy atom. The lowest BCUT2D eigenvalue weighted by molar-refractivity contribution is 1.27. The molecule has 1 rings (SSSR count). The Hall–Kier alpha value is -0.430. The zero-order chi connectivity index (χ0) is 8.97. The molecule has 0 spiro atoms. The predicted molar refractivity (Wildman–Crippen MR) is 57.5 cm³/mol. The number of hydrogen-bond donors (Lipinski definition) is 1. The van der Waals surface area contributed by atoms with Crippen LogP contribution in [0.15, 0.2) is 35.5 Å². The van der Waals surface area contributed by atoms with Gasteiger partial charge in [-0.25, -0.2) is 0 Å². The summed E-state index contributed by atoms with van der Waals surface area (Å²) in [5, 5.41) is 1.03. The molecular formula is C11H13S. The molecule has 0 saturated heterocycles. The molecule has 1 aliphatic carbocycles. The van der Waals surface area contributed by atoms with Crippen LogP contribution in [-0.4, -0.2) is 0 Å². The molecule has 0 aromatic carbocycles. The highest BCUT2D eigenvalue weighted by atomic mass is 32.1. The average molecular weight is 177 g/mol. The molecule has 0 fully saturated rings. The van der Waals surface area contributed by atoms with Crippen molar-refractivity contribution >= 4 is 12.6 Å². The maximum atomic E-state index is 4.19. The SMILES string of the molecule is C[C](S)[CH][CH]C(C)=C1C=CC=C1. The molecule has 0 atom stereocenters. The van der Waals surface area contributed by atoms with Crippen LogP contribution >= 0.6 is 12.6 Å². The molecular weight excluding hydrogens is 164 g/mol. The third kappa shape index (κ3) is 2.90. The summed E-state index contributed by atoms with van der Waals surface area (Å²) in [6.45, 7) is 4.07. The summed E-state index contributed by atoms with van der Waals surface area (Å²) in [4.78, 5) is 0. The topological polar surface area (TPSA) is 0 Å². The molecule has 0 amide bonds. The Kier molecular flexibility index (Phi) is 3.67. The Labute approximate surface area is 80.5 Å². The van der Waals surface area contributed by atoms with Crippen molar-refractivity contribution in [3.8, 4) is 0 Å². The summed E-state index contributed by atoms with van der Waals surface area (Å²) in [5.74, 6) is 0. The van der Waals surface area contributed by atoms with Crippen LogP contribution in [0.1, 0.15) is 13.8 Å². The molecule has 12 heavy (non-hydrogen) atoms. The van der Waals surface area contributed by atoms with Gasteiger partial charge in [-0.2, -0.15) is 12.6 Å². The minimum absolute atomic E-state index is 1.03. The monoisotopic (exact) mass is 177 g/mol. The van der Waals surface area contributed by atoms with E-state index >= 15 is 0 Å². The quantitative estimate of drug-likeness (QED) is 0.628. The lowest BCUT2D eigenvalue weighted by atomic mass is 10.1. The molecule has 0 heterocycles. The van der Waals surface area contributed by atoms with Crippen molar-refractivity contribution < 1.29 is 0 Å². The molecule has 3 radical (unpaired) electrons. The summed E-state index contributed by atoms with van der Waals surface area (Å²) in [6.07, 6.45) is 12.4. The van der Waals surface area contributed by atoms with Crippen LogP contribution in [0.25, 0.3) is 0 Å². The molecule has 1 heteroatoms. The Morgan fingerprint density at radius 3 is 2.25 bits per heavy atom. The molecule has 1 aliphatic rings. The van der Waals surface area contributed by atoms with E-state index in [0.717, 1.165) is 5.25 Å². The van der Waals surface area contributed by atoms with Crippen LogP contribution in [0, 0.1) is 18.1 Å². The van der Waals surface area contributed by atoms with E-state index in [0.29, 0.717) is 0 Å². The van der Waals surface area contributed by atoms with Crippen LogP contribution in [0.2, 0.25) is 0 Å². The molecule has 0 bridgehead atoms. The van der Waals surface area contributed by atoms with Crippen LogP contribution < -0.4 is 0 Å². The summed E-state index contributed by atoms with van der Waals surface area (Å²) in [6, 6.07) is 0. The smallest absolute Gasteiger partial charge is 0.0283 e. The Bertz CT molecular complexity index is 217. The normalized spacial score (nSPS) is 14.8. The van der Waals surface area contributed by atoms with Crippen LogP contribution in [0.4, 0.5) is 0 Å². The second kappa shape index (κ2) is 4.56. The van der Waals surface area contributed by atoms with Crippen LogP contribution in [-0.2, 0) is 0 Å². The van der Waals surface area contributed by atoms with Gasteiger partial charge in [0, 0.05) is 5.25 Å². The molecule has 0 unspecified atom stereocenters. The van der Waals surface area contributed by atoms with E-state index in [2.05, 4.69) is 38.1 Å². The first-order valence-electron chi connectivity index (χ1n) is 3.96. The minimum atomic E-state index is 1.03. The van der Waals surface area contributed by atoms with Crippen molar-refractivity contribution in [1.82, 2.24) is 0 Å². The van der Waals surface area contributed by atoms with Crippen molar-refractivity contribution in [1.29, 1.82) is 0 Å². The zero-order valence-electron chi connectivity index (χ0n) is 7.41. The fraction of sp³-hybridized carbons (Fsp3) is 0.182. The average Bonchev–Trinajstić information content (AvgIpc) is 2.51. The van der Waals surface area contributed by atoms with Gasteiger partial charge < -0.3 is 0 Å². The van der Waals surface area contributed by atoms with Gasteiger partial charge in [0.2, 0.25) is 0 Å². The van der Waals surface area contributed by atoms with E-state index in [9.17, 15) is 0 Å². The van der Waals surface area contributed by atoms with Gasteiger partial charge in [0.05, 0.1) is 0 Å². The van der Waals surface area contributed by atoms with Gasteiger partial charge in [-0.1, -0.05) is 29.9 Å². The van der Waals surface area contributed by atoms with Crippen molar-refractivity contribution in [2.45, 2.75) is 13.8 Å². The van der Waals surface area contributed by atoms with Gasteiger partial charge >= 0.3 is 0 Å². The Balaban J connectivity index is 2.47. The van der Waals surface area contributed by atoms with Gasteiger partial charge in [0.15, 0.2) is 0 Å². The largest absolute Gasteiger partial charge is 0.171 e. The van der Waals surface area contributed by atoms with E-state index < -0.39 is 0 Å².